The Balaban J connectivity index is 3.04. The molecule has 0 saturated carbocycles. The lowest BCUT2D eigenvalue weighted by Gasteiger charge is -2.13. The monoisotopic (exact) mass is 203 g/mol. The second-order valence-corrected chi connectivity index (χ2v) is 3.20. The number of amidine groups is 1. The highest BCUT2D eigenvalue weighted by Crippen LogP contribution is 2.16. The van der Waals surface area contributed by atoms with Gasteiger partial charge in [0.1, 0.15) is 5.84 Å². The van der Waals surface area contributed by atoms with Gasteiger partial charge in [-0.15, -0.1) is 5.10 Å². The first-order valence-corrected chi connectivity index (χ1v) is 4.41. The average molecular weight is 203 g/mol. The second-order valence-electron chi connectivity index (χ2n) is 3.20. The van der Waals surface area contributed by atoms with Crippen LogP contribution in [-0.2, 0) is 0 Å². The molecule has 1 aromatic carbocycles. The van der Waals surface area contributed by atoms with E-state index < -0.39 is 0 Å². The Bertz CT molecular complexity index is 426. The zero-order valence-corrected chi connectivity index (χ0v) is 8.73. The number of hydrazone groups is 1. The standard InChI is InChI=1S/C10H13N5/c1-7-5-10(4-3-9(7)6-11)15(13)14-8(2)12/h3-5H,13H2,1-2H3,(H2,12,14). The Hall–Kier alpha value is -2.06. The summed E-state index contributed by atoms with van der Waals surface area (Å²) in [6.45, 7) is 3.49. The number of hydrogen-bond donors (Lipinski definition) is 2. The van der Waals surface area contributed by atoms with Crippen LogP contribution in [-0.4, -0.2) is 5.84 Å². The van der Waals surface area contributed by atoms with Gasteiger partial charge in [0.2, 0.25) is 0 Å². The summed E-state index contributed by atoms with van der Waals surface area (Å²) in [4.78, 5) is 0. The first-order chi connectivity index (χ1) is 7.04. The molecule has 0 saturated heterocycles. The fourth-order valence-corrected chi connectivity index (χ4v) is 1.14. The molecule has 5 nitrogen and oxygen atoms in total. The molecular formula is C10H13N5. The van der Waals surface area contributed by atoms with Crippen molar-refractivity contribution in [3.63, 3.8) is 0 Å². The summed E-state index contributed by atoms with van der Waals surface area (Å²) in [5.74, 6) is 6.01. The van der Waals surface area contributed by atoms with Gasteiger partial charge in [0.25, 0.3) is 0 Å². The molecule has 0 aromatic heterocycles. The molecule has 0 aliphatic heterocycles. The van der Waals surface area contributed by atoms with Crippen LogP contribution in [0.15, 0.2) is 23.3 Å². The van der Waals surface area contributed by atoms with Gasteiger partial charge >= 0.3 is 0 Å². The van der Waals surface area contributed by atoms with E-state index in [-0.39, 0.29) is 0 Å². The molecule has 4 N–H and O–H groups in total. The maximum Gasteiger partial charge on any atom is 0.118 e. The molecule has 0 aliphatic carbocycles. The molecule has 0 atom stereocenters. The van der Waals surface area contributed by atoms with Crippen LogP contribution in [0.3, 0.4) is 0 Å². The summed E-state index contributed by atoms with van der Waals surface area (Å²) < 4.78 is 0. The quantitative estimate of drug-likeness (QED) is 0.322. The third kappa shape index (κ3) is 2.69. The van der Waals surface area contributed by atoms with E-state index in [0.29, 0.717) is 17.1 Å². The van der Waals surface area contributed by atoms with Crippen molar-refractivity contribution < 1.29 is 0 Å². The number of hydrazine groups is 1. The summed E-state index contributed by atoms with van der Waals surface area (Å²) in [7, 11) is 0. The number of nitrogens with zero attached hydrogens (tertiary/aromatic N) is 3. The van der Waals surface area contributed by atoms with Crippen molar-refractivity contribution >= 4 is 11.5 Å². The molecule has 1 aromatic rings. The second kappa shape index (κ2) is 4.44. The van der Waals surface area contributed by atoms with Crippen LogP contribution < -0.4 is 16.7 Å². The van der Waals surface area contributed by atoms with Gasteiger partial charge in [0.15, 0.2) is 0 Å². The number of aryl methyl sites for hydroxylation is 1. The van der Waals surface area contributed by atoms with Crippen molar-refractivity contribution in [2.75, 3.05) is 5.12 Å². The Morgan fingerprint density at radius 3 is 2.67 bits per heavy atom. The Morgan fingerprint density at radius 2 is 2.20 bits per heavy atom. The zero-order chi connectivity index (χ0) is 11.4. The van der Waals surface area contributed by atoms with Crippen LogP contribution in [0, 0.1) is 18.3 Å². The van der Waals surface area contributed by atoms with Crippen molar-refractivity contribution in [2.24, 2.45) is 16.7 Å². The van der Waals surface area contributed by atoms with E-state index in [9.17, 15) is 0 Å². The molecule has 1 rings (SSSR count). The number of anilines is 1. The van der Waals surface area contributed by atoms with Crippen LogP contribution in [0.2, 0.25) is 0 Å². The average Bonchev–Trinajstić information content (AvgIpc) is 2.16. The number of hydrogen-bond acceptors (Lipinski definition) is 4. The van der Waals surface area contributed by atoms with Gasteiger partial charge in [-0.2, -0.15) is 10.4 Å². The van der Waals surface area contributed by atoms with E-state index >= 15 is 0 Å². The van der Waals surface area contributed by atoms with E-state index in [2.05, 4.69) is 11.2 Å². The molecule has 0 spiro atoms. The Labute approximate surface area is 88.6 Å². The minimum atomic E-state index is 0.375. The van der Waals surface area contributed by atoms with Crippen LogP contribution >= 0.6 is 0 Å². The molecule has 78 valence electrons. The lowest BCUT2D eigenvalue weighted by atomic mass is 10.1. The highest BCUT2D eigenvalue weighted by atomic mass is 15.6. The number of nitriles is 1. The van der Waals surface area contributed by atoms with E-state index in [4.69, 9.17) is 16.8 Å². The fourth-order valence-electron chi connectivity index (χ4n) is 1.14. The maximum absolute atomic E-state index is 8.75. The number of benzene rings is 1. The van der Waals surface area contributed by atoms with E-state index in [1.54, 1.807) is 25.1 Å². The first kappa shape index (κ1) is 11.0. The highest BCUT2D eigenvalue weighted by molar-refractivity contribution is 5.78. The van der Waals surface area contributed by atoms with Crippen LogP contribution in [0.4, 0.5) is 5.69 Å². The zero-order valence-electron chi connectivity index (χ0n) is 8.73. The third-order valence-corrected chi connectivity index (χ3v) is 1.86. The molecule has 0 fully saturated rings. The van der Waals surface area contributed by atoms with Gasteiger partial charge in [-0.05, 0) is 37.6 Å². The van der Waals surface area contributed by atoms with Gasteiger partial charge in [-0.1, -0.05) is 0 Å². The lowest BCUT2D eigenvalue weighted by molar-refractivity contribution is 0.919. The van der Waals surface area contributed by atoms with E-state index in [1.165, 1.54) is 5.12 Å². The first-order valence-electron chi connectivity index (χ1n) is 4.41. The smallest absolute Gasteiger partial charge is 0.118 e. The van der Waals surface area contributed by atoms with Gasteiger partial charge in [0, 0.05) is 0 Å². The summed E-state index contributed by atoms with van der Waals surface area (Å²) in [5, 5.41) is 13.8. The minimum Gasteiger partial charge on any atom is -0.386 e. The fraction of sp³-hybridized carbons (Fsp3) is 0.200. The van der Waals surface area contributed by atoms with Crippen molar-refractivity contribution in [1.29, 1.82) is 5.26 Å². The predicted octanol–water partition coefficient (Wildman–Crippen LogP) is 0.839. The molecule has 0 amide bonds. The SMILES string of the molecule is C/C(N)=N/N(N)c1ccc(C#N)c(C)c1. The molecular weight excluding hydrogens is 190 g/mol. The summed E-state index contributed by atoms with van der Waals surface area (Å²) in [6, 6.07) is 7.29. The molecule has 15 heavy (non-hydrogen) atoms. The lowest BCUT2D eigenvalue weighted by Crippen LogP contribution is -2.27. The highest BCUT2D eigenvalue weighted by Gasteiger charge is 2.03. The van der Waals surface area contributed by atoms with Crippen molar-refractivity contribution in [2.45, 2.75) is 13.8 Å². The van der Waals surface area contributed by atoms with Crippen LogP contribution in [0.5, 0.6) is 0 Å². The topological polar surface area (TPSA) is 91.4 Å². The van der Waals surface area contributed by atoms with Gasteiger partial charge in [0.05, 0.1) is 17.3 Å². The van der Waals surface area contributed by atoms with Gasteiger partial charge in [-0.25, -0.2) is 5.84 Å². The summed E-state index contributed by atoms with van der Waals surface area (Å²) >= 11 is 0. The third-order valence-electron chi connectivity index (χ3n) is 1.86. The molecule has 0 bridgehead atoms. The summed E-state index contributed by atoms with van der Waals surface area (Å²) in [6.07, 6.45) is 0. The van der Waals surface area contributed by atoms with Gasteiger partial charge < -0.3 is 5.73 Å². The van der Waals surface area contributed by atoms with Crippen molar-refractivity contribution in [1.82, 2.24) is 0 Å². The molecule has 0 aliphatic rings. The Kier molecular flexibility index (Phi) is 3.26. The molecule has 0 radical (unpaired) electrons. The molecule has 5 heteroatoms. The normalized spacial score (nSPS) is 10.9. The van der Waals surface area contributed by atoms with Crippen molar-refractivity contribution in [3.05, 3.63) is 29.3 Å². The van der Waals surface area contributed by atoms with Crippen LogP contribution in [0.25, 0.3) is 0 Å². The number of rotatable bonds is 2. The Morgan fingerprint density at radius 1 is 1.53 bits per heavy atom. The molecule has 0 heterocycles. The number of nitrogens with two attached hydrogens (primary N) is 2. The minimum absolute atomic E-state index is 0.375. The summed E-state index contributed by atoms with van der Waals surface area (Å²) in [5.41, 5.74) is 7.57. The molecule has 0 unspecified atom stereocenters. The van der Waals surface area contributed by atoms with E-state index in [0.717, 1.165) is 5.56 Å². The largest absolute Gasteiger partial charge is 0.386 e. The van der Waals surface area contributed by atoms with E-state index in [1.807, 2.05) is 6.92 Å². The predicted molar refractivity (Wildman–Crippen MR) is 59.9 cm³/mol. The van der Waals surface area contributed by atoms with Gasteiger partial charge in [-0.3, -0.25) is 0 Å². The maximum atomic E-state index is 8.75. The van der Waals surface area contributed by atoms with Crippen molar-refractivity contribution in [3.8, 4) is 6.07 Å². The van der Waals surface area contributed by atoms with Crippen LogP contribution in [0.1, 0.15) is 18.1 Å².